The summed E-state index contributed by atoms with van der Waals surface area (Å²) < 4.78 is 1.16. The third-order valence-electron chi connectivity index (χ3n) is 2.51. The van der Waals surface area contributed by atoms with Crippen LogP contribution in [0.15, 0.2) is 46.1 Å². The van der Waals surface area contributed by atoms with Gasteiger partial charge in [-0.25, -0.2) is 9.36 Å². The Morgan fingerprint density at radius 2 is 2.11 bits per heavy atom. The summed E-state index contributed by atoms with van der Waals surface area (Å²) in [5.41, 5.74) is 10.2. The number of benzene rings is 1. The van der Waals surface area contributed by atoms with Gasteiger partial charge in [0.05, 0.1) is 10.9 Å². The van der Waals surface area contributed by atoms with Gasteiger partial charge in [0, 0.05) is 5.02 Å². The lowest BCUT2D eigenvalue weighted by atomic mass is 10.2. The highest BCUT2D eigenvalue weighted by atomic mass is 35.5. The van der Waals surface area contributed by atoms with E-state index in [0.717, 1.165) is 4.57 Å². The Morgan fingerprint density at radius 1 is 1.37 bits per heavy atom. The first kappa shape index (κ1) is 13.0. The first-order valence-corrected chi connectivity index (χ1v) is 5.71. The van der Waals surface area contributed by atoms with Crippen LogP contribution in [0.4, 0.5) is 0 Å². The fourth-order valence-corrected chi connectivity index (χ4v) is 1.86. The zero-order valence-corrected chi connectivity index (χ0v) is 10.5. The number of aromatic nitrogens is 2. The van der Waals surface area contributed by atoms with Crippen LogP contribution in [0, 0.1) is 0 Å². The molecule has 0 saturated heterocycles. The number of hydrogen-bond acceptors (Lipinski definition) is 4. The molecule has 0 radical (unpaired) electrons. The molecule has 0 unspecified atom stereocenters. The van der Waals surface area contributed by atoms with Gasteiger partial charge in [0.1, 0.15) is 5.82 Å². The topological polar surface area (TPSA) is 107 Å². The zero-order chi connectivity index (χ0) is 14.0. The maximum atomic E-state index is 11.9. The number of hydrogen-bond donors (Lipinski definition) is 3. The summed E-state index contributed by atoms with van der Waals surface area (Å²) in [5.74, 6) is 0.121. The monoisotopic (exact) mass is 278 g/mol. The smallest absolute Gasteiger partial charge is 0.334 e. The van der Waals surface area contributed by atoms with Crippen LogP contribution < -0.4 is 22.7 Å². The molecule has 5 N–H and O–H groups in total. The lowest BCUT2D eigenvalue weighted by Crippen LogP contribution is -2.31. The minimum Gasteiger partial charge on any atom is -0.405 e. The van der Waals surface area contributed by atoms with Gasteiger partial charge in [-0.15, -0.1) is 0 Å². The fraction of sp³-hybridized carbons (Fsp3) is 0. The Bertz CT molecular complexity index is 801. The molecular weight excluding hydrogens is 268 g/mol. The molecule has 1 heterocycles. The predicted octanol–water partition coefficient (Wildman–Crippen LogP) is 0.573. The fourth-order valence-electron chi connectivity index (χ4n) is 1.70. The number of halogens is 1. The van der Waals surface area contributed by atoms with E-state index < -0.39 is 11.2 Å². The maximum Gasteiger partial charge on any atom is 0.334 e. The summed E-state index contributed by atoms with van der Waals surface area (Å²) in [7, 11) is 0. The number of nitrogens with two attached hydrogens (primary N) is 2. The molecule has 6 nitrogen and oxygen atoms in total. The third kappa shape index (κ3) is 2.38. The van der Waals surface area contributed by atoms with E-state index in [2.05, 4.69) is 4.98 Å². The van der Waals surface area contributed by atoms with Crippen molar-refractivity contribution in [3.8, 4) is 0 Å². The molecule has 0 aliphatic carbocycles. The van der Waals surface area contributed by atoms with Crippen molar-refractivity contribution in [2.75, 3.05) is 0 Å². The van der Waals surface area contributed by atoms with E-state index in [1.807, 2.05) is 0 Å². The lowest BCUT2D eigenvalue weighted by Gasteiger charge is -2.09. The summed E-state index contributed by atoms with van der Waals surface area (Å²) in [6, 6.07) is 4.59. The molecule has 0 aliphatic heterocycles. The molecule has 19 heavy (non-hydrogen) atoms. The number of fused-ring (bicyclic) bond motifs is 1. The minimum atomic E-state index is -0.640. The second-order valence-electron chi connectivity index (χ2n) is 3.73. The molecule has 7 heteroatoms. The highest BCUT2D eigenvalue weighted by molar-refractivity contribution is 6.31. The van der Waals surface area contributed by atoms with Crippen LogP contribution >= 0.6 is 11.6 Å². The molecule has 0 fully saturated rings. The van der Waals surface area contributed by atoms with Crippen molar-refractivity contribution in [2.24, 2.45) is 11.5 Å². The normalized spacial score (nSPS) is 12.4. The second kappa shape index (κ2) is 5.03. The Labute approximate surface area is 112 Å². The number of nitrogens with one attached hydrogen (secondary N) is 1. The van der Waals surface area contributed by atoms with E-state index in [9.17, 15) is 9.59 Å². The SMILES string of the molecule is N/C=C\C=C(/N)n1c(=O)[nH]c(=O)c2ccc(Cl)cc21. The van der Waals surface area contributed by atoms with Gasteiger partial charge >= 0.3 is 5.69 Å². The van der Waals surface area contributed by atoms with E-state index in [1.54, 1.807) is 6.07 Å². The maximum absolute atomic E-state index is 11.9. The van der Waals surface area contributed by atoms with E-state index in [1.165, 1.54) is 30.5 Å². The van der Waals surface area contributed by atoms with E-state index in [4.69, 9.17) is 23.1 Å². The number of nitrogens with zero attached hydrogens (tertiary/aromatic N) is 1. The number of H-pyrrole nitrogens is 1. The van der Waals surface area contributed by atoms with Crippen LogP contribution in [0.25, 0.3) is 16.7 Å². The Kier molecular flexibility index (Phi) is 3.43. The van der Waals surface area contributed by atoms with Gasteiger partial charge in [0.25, 0.3) is 5.56 Å². The highest BCUT2D eigenvalue weighted by Gasteiger charge is 2.09. The zero-order valence-electron chi connectivity index (χ0n) is 9.76. The molecule has 0 saturated carbocycles. The van der Waals surface area contributed by atoms with Gasteiger partial charge < -0.3 is 11.5 Å². The van der Waals surface area contributed by atoms with E-state index >= 15 is 0 Å². The van der Waals surface area contributed by atoms with Crippen molar-refractivity contribution >= 4 is 28.3 Å². The summed E-state index contributed by atoms with van der Waals surface area (Å²) in [5, 5.41) is 0.713. The van der Waals surface area contributed by atoms with Crippen LogP contribution in [0.1, 0.15) is 0 Å². The van der Waals surface area contributed by atoms with Crippen LogP contribution in [0.2, 0.25) is 5.02 Å². The minimum absolute atomic E-state index is 0.121. The summed E-state index contributed by atoms with van der Waals surface area (Å²) in [4.78, 5) is 25.7. The first-order chi connectivity index (χ1) is 9.04. The average molecular weight is 279 g/mol. The van der Waals surface area contributed by atoms with Crippen molar-refractivity contribution in [1.82, 2.24) is 9.55 Å². The molecule has 1 aromatic heterocycles. The molecule has 0 amide bonds. The standard InChI is InChI=1S/C12H11ClN4O2/c13-7-3-4-8-9(6-7)17(10(15)2-1-5-14)12(19)16-11(8)18/h1-6H,14-15H2,(H,16,18,19)/b5-1-,10-2+. The summed E-state index contributed by atoms with van der Waals surface area (Å²) >= 11 is 5.88. The Hall–Kier alpha value is -2.47. The van der Waals surface area contributed by atoms with Crippen LogP contribution in [0.5, 0.6) is 0 Å². The molecule has 98 valence electrons. The van der Waals surface area contributed by atoms with Gasteiger partial charge in [-0.1, -0.05) is 11.6 Å². The van der Waals surface area contributed by atoms with Crippen molar-refractivity contribution in [3.05, 3.63) is 62.4 Å². The summed E-state index contributed by atoms with van der Waals surface area (Å²) in [6.45, 7) is 0. The van der Waals surface area contributed by atoms with Gasteiger partial charge in [-0.3, -0.25) is 9.78 Å². The molecule has 0 bridgehead atoms. The van der Waals surface area contributed by atoms with Gasteiger partial charge in [-0.05, 0) is 36.6 Å². The molecule has 0 aliphatic rings. The molecule has 0 atom stereocenters. The van der Waals surface area contributed by atoms with Gasteiger partial charge in [0.15, 0.2) is 0 Å². The molecule has 2 aromatic rings. The average Bonchev–Trinajstić information content (AvgIpc) is 2.35. The highest BCUT2D eigenvalue weighted by Crippen LogP contribution is 2.16. The largest absolute Gasteiger partial charge is 0.405 e. The van der Waals surface area contributed by atoms with E-state index in [-0.39, 0.29) is 5.82 Å². The molecular formula is C12H11ClN4O2. The van der Waals surface area contributed by atoms with Gasteiger partial charge in [-0.2, -0.15) is 0 Å². The third-order valence-corrected chi connectivity index (χ3v) is 2.74. The van der Waals surface area contributed by atoms with Crippen LogP contribution in [0.3, 0.4) is 0 Å². The van der Waals surface area contributed by atoms with Crippen molar-refractivity contribution in [1.29, 1.82) is 0 Å². The number of aromatic amines is 1. The van der Waals surface area contributed by atoms with Crippen LogP contribution in [-0.2, 0) is 0 Å². The Balaban J connectivity index is 2.91. The lowest BCUT2D eigenvalue weighted by molar-refractivity contribution is 0.947. The van der Waals surface area contributed by atoms with Crippen LogP contribution in [-0.4, -0.2) is 9.55 Å². The predicted molar refractivity (Wildman–Crippen MR) is 75.6 cm³/mol. The Morgan fingerprint density at radius 3 is 2.79 bits per heavy atom. The first-order valence-electron chi connectivity index (χ1n) is 5.33. The number of rotatable bonds is 2. The quantitative estimate of drug-likeness (QED) is 0.698. The van der Waals surface area contributed by atoms with Crippen molar-refractivity contribution in [2.45, 2.75) is 0 Å². The van der Waals surface area contributed by atoms with Crippen molar-refractivity contribution < 1.29 is 0 Å². The summed E-state index contributed by atoms with van der Waals surface area (Å²) in [6.07, 6.45) is 4.20. The second-order valence-corrected chi connectivity index (χ2v) is 4.17. The molecule has 1 aromatic carbocycles. The molecule has 0 spiro atoms. The number of allylic oxidation sites excluding steroid dienone is 2. The van der Waals surface area contributed by atoms with Crippen molar-refractivity contribution in [3.63, 3.8) is 0 Å². The van der Waals surface area contributed by atoms with Gasteiger partial charge in [0.2, 0.25) is 0 Å². The molecule has 2 rings (SSSR count). The van der Waals surface area contributed by atoms with E-state index in [0.29, 0.717) is 15.9 Å².